The highest BCUT2D eigenvalue weighted by Gasteiger charge is 2.27. The van der Waals surface area contributed by atoms with Crippen LogP contribution >= 0.6 is 0 Å². The van der Waals surface area contributed by atoms with Crippen LogP contribution in [0.2, 0.25) is 0 Å². The number of esters is 1. The number of guanidine groups is 1. The molecule has 2 aromatic rings. The highest BCUT2D eigenvalue weighted by Crippen LogP contribution is 2.25. The zero-order valence-corrected chi connectivity index (χ0v) is 17.2. The van der Waals surface area contributed by atoms with Crippen LogP contribution in [0.25, 0.3) is 11.5 Å². The van der Waals surface area contributed by atoms with Crippen LogP contribution in [0.15, 0.2) is 46.0 Å². The van der Waals surface area contributed by atoms with Gasteiger partial charge in [-0.25, -0.2) is 9.98 Å². The number of rotatable bonds is 7. The van der Waals surface area contributed by atoms with Gasteiger partial charge in [0.1, 0.15) is 12.0 Å². The molecule has 0 atom stereocenters. The Morgan fingerprint density at radius 1 is 1.21 bits per heavy atom. The zero-order valence-electron chi connectivity index (χ0n) is 17.2. The first kappa shape index (κ1) is 20.9. The van der Waals surface area contributed by atoms with Crippen LogP contribution in [0.4, 0.5) is 0 Å². The molecule has 0 radical (unpaired) electrons. The van der Waals surface area contributed by atoms with Crippen LogP contribution in [0.1, 0.15) is 45.2 Å². The van der Waals surface area contributed by atoms with Crippen molar-refractivity contribution < 1.29 is 13.9 Å². The Labute approximate surface area is 172 Å². The number of carbonyl (C=O) groups is 1. The van der Waals surface area contributed by atoms with E-state index in [1.807, 2.05) is 44.2 Å². The van der Waals surface area contributed by atoms with Gasteiger partial charge in [0.25, 0.3) is 0 Å². The molecule has 1 aliphatic carbocycles. The highest BCUT2D eigenvalue weighted by molar-refractivity contribution is 5.80. The van der Waals surface area contributed by atoms with Crippen LogP contribution in [0.5, 0.6) is 0 Å². The summed E-state index contributed by atoms with van der Waals surface area (Å²) in [6.07, 6.45) is 5.20. The lowest BCUT2D eigenvalue weighted by Crippen LogP contribution is -2.45. The predicted molar refractivity (Wildman–Crippen MR) is 112 cm³/mol. The molecule has 29 heavy (non-hydrogen) atoms. The van der Waals surface area contributed by atoms with Gasteiger partial charge in [-0.3, -0.25) is 4.79 Å². The predicted octanol–water partition coefficient (Wildman–Crippen LogP) is 3.52. The normalized spacial score (nSPS) is 19.6. The van der Waals surface area contributed by atoms with Gasteiger partial charge in [0.15, 0.2) is 5.96 Å². The minimum atomic E-state index is -0.0632. The molecule has 0 unspecified atom stereocenters. The van der Waals surface area contributed by atoms with Gasteiger partial charge >= 0.3 is 5.97 Å². The van der Waals surface area contributed by atoms with E-state index in [1.54, 1.807) is 6.26 Å². The third-order valence-corrected chi connectivity index (χ3v) is 5.00. The van der Waals surface area contributed by atoms with E-state index < -0.39 is 0 Å². The van der Waals surface area contributed by atoms with Crippen molar-refractivity contribution >= 4 is 11.9 Å². The third-order valence-electron chi connectivity index (χ3n) is 5.00. The van der Waals surface area contributed by atoms with Gasteiger partial charge in [0.2, 0.25) is 5.89 Å². The first-order valence-corrected chi connectivity index (χ1v) is 10.4. The average molecular weight is 399 g/mol. The molecule has 0 spiro atoms. The van der Waals surface area contributed by atoms with E-state index >= 15 is 0 Å². The van der Waals surface area contributed by atoms with Gasteiger partial charge in [0, 0.05) is 18.2 Å². The zero-order chi connectivity index (χ0) is 20.5. The number of oxazole rings is 1. The Morgan fingerprint density at radius 2 is 1.97 bits per heavy atom. The monoisotopic (exact) mass is 398 g/mol. The molecule has 1 aliphatic rings. The van der Waals surface area contributed by atoms with E-state index in [0.29, 0.717) is 25.1 Å². The molecule has 1 aromatic carbocycles. The van der Waals surface area contributed by atoms with Gasteiger partial charge in [-0.1, -0.05) is 18.2 Å². The molecule has 1 fully saturated rings. The minimum absolute atomic E-state index is 0.0269. The van der Waals surface area contributed by atoms with Gasteiger partial charge in [-0.15, -0.1) is 0 Å². The second kappa shape index (κ2) is 10.6. The third kappa shape index (κ3) is 6.07. The van der Waals surface area contributed by atoms with Crippen molar-refractivity contribution in [2.75, 3.05) is 13.2 Å². The largest absolute Gasteiger partial charge is 0.466 e. The number of hydrogen-bond acceptors (Lipinski definition) is 5. The van der Waals surface area contributed by atoms with E-state index in [2.05, 4.69) is 20.6 Å². The van der Waals surface area contributed by atoms with Crippen LogP contribution in [-0.4, -0.2) is 36.1 Å². The van der Waals surface area contributed by atoms with E-state index in [1.165, 1.54) is 0 Å². The fourth-order valence-corrected chi connectivity index (χ4v) is 3.50. The summed E-state index contributed by atoms with van der Waals surface area (Å²) >= 11 is 0. The molecule has 7 heteroatoms. The maximum atomic E-state index is 11.9. The molecular weight excluding hydrogens is 368 g/mol. The molecule has 1 aromatic heterocycles. The van der Waals surface area contributed by atoms with Crippen LogP contribution < -0.4 is 10.6 Å². The lowest BCUT2D eigenvalue weighted by atomic mass is 9.86. The van der Waals surface area contributed by atoms with Crippen LogP contribution in [0, 0.1) is 5.92 Å². The standard InChI is InChI=1S/C22H30N4O3/c1-3-23-22(26-18-12-10-17(11-13-18)21(27)28-4-2)24-14-19-15-29-20(25-19)16-8-6-5-7-9-16/h5-9,15,17-18H,3-4,10-14H2,1-2H3,(H2,23,24,26). The average Bonchev–Trinajstić information content (AvgIpc) is 3.23. The molecule has 0 amide bonds. The summed E-state index contributed by atoms with van der Waals surface area (Å²) in [6.45, 7) is 5.55. The molecule has 3 rings (SSSR count). The maximum Gasteiger partial charge on any atom is 0.308 e. The summed E-state index contributed by atoms with van der Waals surface area (Å²) in [5.74, 6) is 1.33. The van der Waals surface area contributed by atoms with Crippen molar-refractivity contribution in [1.29, 1.82) is 0 Å². The Morgan fingerprint density at radius 3 is 2.66 bits per heavy atom. The van der Waals surface area contributed by atoms with Gasteiger partial charge in [-0.2, -0.15) is 0 Å². The molecule has 0 aliphatic heterocycles. The summed E-state index contributed by atoms with van der Waals surface area (Å²) in [4.78, 5) is 21.1. The topological polar surface area (TPSA) is 88.8 Å². The maximum absolute atomic E-state index is 11.9. The molecule has 156 valence electrons. The Balaban J connectivity index is 1.54. The Hall–Kier alpha value is -2.83. The SMILES string of the molecule is CCNC(=NCc1coc(-c2ccccc2)n1)NC1CCC(C(=O)OCC)CC1. The Bertz CT molecular complexity index is 795. The number of nitrogens with zero attached hydrogens (tertiary/aromatic N) is 2. The van der Waals surface area contributed by atoms with Crippen molar-refractivity contribution in [2.45, 2.75) is 52.1 Å². The molecule has 2 N–H and O–H groups in total. The molecule has 1 heterocycles. The van der Waals surface area contributed by atoms with Crippen molar-refractivity contribution in [1.82, 2.24) is 15.6 Å². The van der Waals surface area contributed by atoms with E-state index in [4.69, 9.17) is 9.15 Å². The summed E-state index contributed by atoms with van der Waals surface area (Å²) in [7, 11) is 0. The lowest BCUT2D eigenvalue weighted by Gasteiger charge is -2.29. The lowest BCUT2D eigenvalue weighted by molar-refractivity contribution is -0.149. The smallest absolute Gasteiger partial charge is 0.308 e. The van der Waals surface area contributed by atoms with Gasteiger partial charge in [-0.05, 0) is 51.7 Å². The van der Waals surface area contributed by atoms with Crippen molar-refractivity contribution in [3.8, 4) is 11.5 Å². The fourth-order valence-electron chi connectivity index (χ4n) is 3.50. The van der Waals surface area contributed by atoms with Crippen LogP contribution in [-0.2, 0) is 16.1 Å². The van der Waals surface area contributed by atoms with Gasteiger partial charge in [0.05, 0.1) is 19.1 Å². The molecule has 1 saturated carbocycles. The van der Waals surface area contributed by atoms with Crippen molar-refractivity contribution in [3.05, 3.63) is 42.3 Å². The summed E-state index contributed by atoms with van der Waals surface area (Å²) in [5, 5.41) is 6.77. The second-order valence-corrected chi connectivity index (χ2v) is 7.15. The number of carbonyl (C=O) groups excluding carboxylic acids is 1. The Kier molecular flexibility index (Phi) is 7.67. The van der Waals surface area contributed by atoms with Crippen molar-refractivity contribution in [3.63, 3.8) is 0 Å². The molecule has 7 nitrogen and oxygen atoms in total. The number of nitrogens with one attached hydrogen (secondary N) is 2. The number of hydrogen-bond donors (Lipinski definition) is 2. The molecule has 0 saturated heterocycles. The highest BCUT2D eigenvalue weighted by atomic mass is 16.5. The fraction of sp³-hybridized carbons (Fsp3) is 0.500. The van der Waals surface area contributed by atoms with Gasteiger partial charge < -0.3 is 19.8 Å². The number of benzene rings is 1. The number of aromatic nitrogens is 1. The quantitative estimate of drug-likeness (QED) is 0.421. The second-order valence-electron chi connectivity index (χ2n) is 7.15. The molecular formula is C22H30N4O3. The van der Waals surface area contributed by atoms with E-state index in [0.717, 1.165) is 49.4 Å². The van der Waals surface area contributed by atoms with Crippen molar-refractivity contribution in [2.24, 2.45) is 10.9 Å². The minimum Gasteiger partial charge on any atom is -0.466 e. The number of aliphatic imine (C=N–C) groups is 1. The summed E-state index contributed by atoms with van der Waals surface area (Å²) in [6, 6.07) is 10.1. The summed E-state index contributed by atoms with van der Waals surface area (Å²) < 4.78 is 10.7. The number of ether oxygens (including phenoxy) is 1. The molecule has 0 bridgehead atoms. The van der Waals surface area contributed by atoms with E-state index in [9.17, 15) is 4.79 Å². The van der Waals surface area contributed by atoms with Crippen LogP contribution in [0.3, 0.4) is 0 Å². The first-order valence-electron chi connectivity index (χ1n) is 10.4. The first-order chi connectivity index (χ1) is 14.2. The summed E-state index contributed by atoms with van der Waals surface area (Å²) in [5.41, 5.74) is 1.73. The van der Waals surface area contributed by atoms with E-state index in [-0.39, 0.29) is 11.9 Å².